The first-order valence-corrected chi connectivity index (χ1v) is 8.18. The quantitative estimate of drug-likeness (QED) is 0.692. The van der Waals surface area contributed by atoms with E-state index in [-0.39, 0.29) is 0 Å². The van der Waals surface area contributed by atoms with Crippen molar-refractivity contribution in [1.29, 1.82) is 0 Å². The van der Waals surface area contributed by atoms with Crippen molar-refractivity contribution in [1.82, 2.24) is 0 Å². The van der Waals surface area contributed by atoms with E-state index in [9.17, 15) is 0 Å². The topological polar surface area (TPSA) is 0 Å². The number of benzene rings is 1. The molecule has 0 aliphatic heterocycles. The van der Waals surface area contributed by atoms with Gasteiger partial charge in [-0.2, -0.15) is 0 Å². The molecule has 0 atom stereocenters. The van der Waals surface area contributed by atoms with Crippen molar-refractivity contribution in [3.8, 4) is 0 Å². The number of rotatable bonds is 3. The van der Waals surface area contributed by atoms with Crippen LogP contribution in [-0.4, -0.2) is 14.7 Å². The molecule has 66 valence electrons. The molecule has 1 aromatic carbocycles. The van der Waals surface area contributed by atoms with Crippen LogP contribution in [0.3, 0.4) is 0 Å². The molecular formula is C11H17As. The Labute approximate surface area is 80.3 Å². The fraction of sp³-hybridized carbons (Fsp3) is 0.455. The predicted octanol–water partition coefficient (Wildman–Crippen LogP) is 2.74. The first-order chi connectivity index (χ1) is 5.77. The summed E-state index contributed by atoms with van der Waals surface area (Å²) in [7, 11) is 0. The number of aryl methyl sites for hydroxylation is 1. The van der Waals surface area contributed by atoms with Gasteiger partial charge in [0.25, 0.3) is 0 Å². The van der Waals surface area contributed by atoms with E-state index in [2.05, 4.69) is 45.0 Å². The maximum atomic E-state index is 2.32. The molecule has 0 aliphatic rings. The SMILES string of the molecule is CC[As](CC)c1ccc(C)cc1. The van der Waals surface area contributed by atoms with E-state index >= 15 is 0 Å². The molecule has 0 spiro atoms. The van der Waals surface area contributed by atoms with Crippen molar-refractivity contribution in [2.24, 2.45) is 0 Å². The molecule has 1 rings (SSSR count). The van der Waals surface area contributed by atoms with Crippen LogP contribution in [0.4, 0.5) is 0 Å². The molecule has 0 radical (unpaired) electrons. The van der Waals surface area contributed by atoms with Crippen molar-refractivity contribution < 1.29 is 0 Å². The summed E-state index contributed by atoms with van der Waals surface area (Å²) >= 11 is -0.637. The van der Waals surface area contributed by atoms with Crippen LogP contribution in [0.25, 0.3) is 0 Å². The summed E-state index contributed by atoms with van der Waals surface area (Å²) in [6, 6.07) is 9.12. The maximum absolute atomic E-state index is 2.32. The summed E-state index contributed by atoms with van der Waals surface area (Å²) in [6.45, 7) is 6.80. The molecule has 0 unspecified atom stereocenters. The van der Waals surface area contributed by atoms with Gasteiger partial charge in [0.05, 0.1) is 0 Å². The fourth-order valence-corrected chi connectivity index (χ4v) is 5.01. The third-order valence-electron chi connectivity index (χ3n) is 2.16. The normalized spacial score (nSPS) is 10.7. The molecule has 0 saturated carbocycles. The molecule has 0 heterocycles. The molecule has 1 aromatic rings. The van der Waals surface area contributed by atoms with Crippen LogP contribution in [0.5, 0.6) is 0 Å². The van der Waals surface area contributed by atoms with Crippen molar-refractivity contribution >= 4 is 19.0 Å². The fourth-order valence-electron chi connectivity index (χ4n) is 1.34. The summed E-state index contributed by atoms with van der Waals surface area (Å²) in [4.78, 5) is 0. The molecule has 0 nitrogen and oxygen atoms in total. The summed E-state index contributed by atoms with van der Waals surface area (Å²) < 4.78 is 1.64. The molecule has 0 fully saturated rings. The molecular weight excluding hydrogens is 207 g/mol. The molecule has 0 aromatic heterocycles. The number of hydrogen-bond donors (Lipinski definition) is 0. The standard InChI is InChI=1S/C11H17As/c1-4-12(5-2)11-8-6-10(3)7-9-11/h6-9H,4-5H2,1-3H3. The van der Waals surface area contributed by atoms with Crippen molar-refractivity contribution in [3.05, 3.63) is 29.8 Å². The van der Waals surface area contributed by atoms with Crippen LogP contribution in [0.2, 0.25) is 10.4 Å². The van der Waals surface area contributed by atoms with Gasteiger partial charge in [0, 0.05) is 0 Å². The van der Waals surface area contributed by atoms with Gasteiger partial charge in [-0.3, -0.25) is 0 Å². The molecule has 1 heteroatoms. The molecule has 0 N–H and O–H groups in total. The zero-order chi connectivity index (χ0) is 8.97. The van der Waals surface area contributed by atoms with Gasteiger partial charge in [0.15, 0.2) is 0 Å². The van der Waals surface area contributed by atoms with Gasteiger partial charge >= 0.3 is 80.0 Å². The Bertz CT molecular complexity index is 221. The van der Waals surface area contributed by atoms with Gasteiger partial charge in [-0.05, 0) is 0 Å². The first kappa shape index (κ1) is 9.86. The van der Waals surface area contributed by atoms with Crippen LogP contribution < -0.4 is 4.35 Å². The van der Waals surface area contributed by atoms with Gasteiger partial charge in [-0.25, -0.2) is 0 Å². The Morgan fingerprint density at radius 3 is 1.92 bits per heavy atom. The Hall–Kier alpha value is -0.222. The Morgan fingerprint density at radius 1 is 1.00 bits per heavy atom. The minimum atomic E-state index is -0.637. The van der Waals surface area contributed by atoms with E-state index in [1.165, 1.54) is 16.0 Å². The summed E-state index contributed by atoms with van der Waals surface area (Å²) in [5.74, 6) is 0. The second kappa shape index (κ2) is 4.72. The van der Waals surface area contributed by atoms with Crippen molar-refractivity contribution in [2.45, 2.75) is 31.2 Å². The zero-order valence-electron chi connectivity index (χ0n) is 8.17. The molecule has 0 saturated heterocycles. The van der Waals surface area contributed by atoms with Crippen LogP contribution in [0, 0.1) is 6.92 Å². The first-order valence-electron chi connectivity index (χ1n) is 4.59. The van der Waals surface area contributed by atoms with E-state index in [1.807, 2.05) is 0 Å². The van der Waals surface area contributed by atoms with Gasteiger partial charge < -0.3 is 0 Å². The third-order valence-corrected chi connectivity index (χ3v) is 7.52. The van der Waals surface area contributed by atoms with Gasteiger partial charge in [-0.1, -0.05) is 0 Å². The van der Waals surface area contributed by atoms with Gasteiger partial charge in [0.2, 0.25) is 0 Å². The van der Waals surface area contributed by atoms with E-state index < -0.39 is 14.7 Å². The second-order valence-electron chi connectivity index (χ2n) is 3.01. The van der Waals surface area contributed by atoms with E-state index in [1.54, 1.807) is 4.35 Å². The average molecular weight is 224 g/mol. The zero-order valence-corrected chi connectivity index (χ0v) is 10.0. The predicted molar refractivity (Wildman–Crippen MR) is 57.5 cm³/mol. The van der Waals surface area contributed by atoms with E-state index in [0.29, 0.717) is 0 Å². The summed E-state index contributed by atoms with van der Waals surface area (Å²) in [5.41, 5.74) is 1.37. The summed E-state index contributed by atoms with van der Waals surface area (Å²) in [6.07, 6.45) is 0. The van der Waals surface area contributed by atoms with Crippen LogP contribution in [0.15, 0.2) is 24.3 Å². The molecule has 0 bridgehead atoms. The molecule has 0 amide bonds. The second-order valence-corrected chi connectivity index (χ2v) is 9.01. The van der Waals surface area contributed by atoms with Crippen molar-refractivity contribution in [3.63, 3.8) is 0 Å². The minimum absolute atomic E-state index is 0.637. The van der Waals surface area contributed by atoms with Crippen LogP contribution in [0.1, 0.15) is 19.4 Å². The molecule has 12 heavy (non-hydrogen) atoms. The summed E-state index contributed by atoms with van der Waals surface area (Å²) in [5, 5.41) is 2.79. The Balaban J connectivity index is 2.80. The number of hydrogen-bond acceptors (Lipinski definition) is 0. The molecule has 0 aliphatic carbocycles. The Morgan fingerprint density at radius 2 is 1.50 bits per heavy atom. The Kier molecular flexibility index (Phi) is 3.88. The van der Waals surface area contributed by atoms with Crippen LogP contribution in [-0.2, 0) is 0 Å². The van der Waals surface area contributed by atoms with Crippen molar-refractivity contribution in [2.75, 3.05) is 0 Å². The van der Waals surface area contributed by atoms with E-state index in [0.717, 1.165) is 0 Å². The third kappa shape index (κ3) is 2.38. The monoisotopic (exact) mass is 224 g/mol. The van der Waals surface area contributed by atoms with E-state index in [4.69, 9.17) is 0 Å². The van der Waals surface area contributed by atoms with Gasteiger partial charge in [-0.15, -0.1) is 0 Å². The van der Waals surface area contributed by atoms with Gasteiger partial charge in [0.1, 0.15) is 0 Å². The average Bonchev–Trinajstić information content (AvgIpc) is 2.10. The van der Waals surface area contributed by atoms with Crippen LogP contribution >= 0.6 is 0 Å².